The number of carbonyl (C=O) groups is 2. The Balaban J connectivity index is 1.92. The molecule has 2 aromatic rings. The number of rotatable bonds is 4. The van der Waals surface area contributed by atoms with Crippen LogP contribution in [0.15, 0.2) is 42.5 Å². The van der Waals surface area contributed by atoms with Crippen LogP contribution in [0.4, 0.5) is 0 Å². The van der Waals surface area contributed by atoms with Crippen LogP contribution in [0.3, 0.4) is 0 Å². The lowest BCUT2D eigenvalue weighted by Gasteiger charge is -2.19. The maximum absolute atomic E-state index is 13.3. The van der Waals surface area contributed by atoms with Crippen LogP contribution in [0.1, 0.15) is 90.6 Å². The quantitative estimate of drug-likeness (QED) is 0.587. The van der Waals surface area contributed by atoms with E-state index >= 15 is 0 Å². The third kappa shape index (κ3) is 7.24. The fourth-order valence-corrected chi connectivity index (χ4v) is 4.00. The molecule has 1 atom stereocenters. The number of benzene rings is 2. The van der Waals surface area contributed by atoms with Gasteiger partial charge in [-0.2, -0.15) is 0 Å². The number of methoxy groups -OCH3 is 1. The van der Waals surface area contributed by atoms with E-state index in [1.54, 1.807) is 12.1 Å². The van der Waals surface area contributed by atoms with E-state index in [9.17, 15) is 9.59 Å². The first-order chi connectivity index (χ1) is 16.1. The van der Waals surface area contributed by atoms with Crippen molar-refractivity contribution in [1.29, 1.82) is 0 Å². The summed E-state index contributed by atoms with van der Waals surface area (Å²) in [6.07, 6.45) is 8.76. The zero-order chi connectivity index (χ0) is 23.5. The van der Waals surface area contributed by atoms with Crippen molar-refractivity contribution in [2.75, 3.05) is 20.3 Å². The van der Waals surface area contributed by atoms with Gasteiger partial charge in [0.05, 0.1) is 31.9 Å². The summed E-state index contributed by atoms with van der Waals surface area (Å²) in [6.45, 7) is 2.88. The number of fused-ring (bicyclic) bond motifs is 13. The van der Waals surface area contributed by atoms with Gasteiger partial charge < -0.3 is 19.5 Å². The maximum atomic E-state index is 13.3. The van der Waals surface area contributed by atoms with Crippen LogP contribution in [0.2, 0.25) is 0 Å². The van der Waals surface area contributed by atoms with Crippen LogP contribution in [-0.4, -0.2) is 32.2 Å². The number of hydrogen-bond donors (Lipinski definition) is 1. The van der Waals surface area contributed by atoms with Gasteiger partial charge >= 0.3 is 5.97 Å². The molecule has 0 aliphatic carbocycles. The molecule has 1 unspecified atom stereocenters. The molecule has 0 saturated carbocycles. The number of carbonyl (C=O) groups excluding carboxylic acids is 2. The summed E-state index contributed by atoms with van der Waals surface area (Å²) >= 11 is 0. The highest BCUT2D eigenvalue weighted by molar-refractivity contribution is 6.03. The number of amides is 1. The molecule has 178 valence electrons. The molecule has 0 fully saturated rings. The minimum atomic E-state index is -0.554. The summed E-state index contributed by atoms with van der Waals surface area (Å²) in [5, 5.41) is 3.02. The topological polar surface area (TPSA) is 73.9 Å². The van der Waals surface area contributed by atoms with E-state index in [4.69, 9.17) is 14.2 Å². The van der Waals surface area contributed by atoms with E-state index in [0.29, 0.717) is 19.0 Å². The van der Waals surface area contributed by atoms with Gasteiger partial charge in [0.1, 0.15) is 17.1 Å². The van der Waals surface area contributed by atoms with Crippen molar-refractivity contribution in [3.63, 3.8) is 0 Å². The lowest BCUT2D eigenvalue weighted by Crippen LogP contribution is -2.28. The molecular formula is C27H35NO5. The molecule has 4 rings (SSSR count). The van der Waals surface area contributed by atoms with Gasteiger partial charge in [-0.1, -0.05) is 68.9 Å². The predicted molar refractivity (Wildman–Crippen MR) is 128 cm³/mol. The highest BCUT2D eigenvalue weighted by Crippen LogP contribution is 2.32. The molecule has 2 aliphatic rings. The number of nitrogens with one attached hydrogen (secondary N) is 1. The number of esters is 1. The van der Waals surface area contributed by atoms with E-state index in [2.05, 4.69) is 5.32 Å². The Labute approximate surface area is 196 Å². The van der Waals surface area contributed by atoms with Crippen LogP contribution in [-0.2, 0) is 4.74 Å². The predicted octanol–water partition coefficient (Wildman–Crippen LogP) is 5.86. The standard InChI is InChI=1S/C27H35NO5/c1-20(21-14-10-9-11-15-21)28-26(29)23-18-22-19-24(27(30)31-2)25(23)33-17-13-8-6-4-3-5-7-12-16-32-22/h9-11,14-15,18-20H,3-8,12-13,16-17H2,1-2H3,(H,28,29). The van der Waals surface area contributed by atoms with Crippen LogP contribution < -0.4 is 14.8 Å². The van der Waals surface area contributed by atoms with E-state index in [0.717, 1.165) is 37.7 Å². The molecule has 2 heterocycles. The summed E-state index contributed by atoms with van der Waals surface area (Å²) in [6, 6.07) is 12.8. The molecule has 2 bridgehead atoms. The molecule has 0 saturated heterocycles. The van der Waals surface area contributed by atoms with Gasteiger partial charge in [0.15, 0.2) is 0 Å². The summed E-state index contributed by atoms with van der Waals surface area (Å²) in [7, 11) is 1.32. The molecule has 33 heavy (non-hydrogen) atoms. The van der Waals surface area contributed by atoms with Gasteiger partial charge in [0.2, 0.25) is 0 Å². The largest absolute Gasteiger partial charge is 0.494 e. The van der Waals surface area contributed by atoms with Crippen molar-refractivity contribution >= 4 is 11.9 Å². The molecule has 2 aromatic carbocycles. The monoisotopic (exact) mass is 453 g/mol. The molecule has 1 amide bonds. The van der Waals surface area contributed by atoms with Crippen molar-refractivity contribution in [1.82, 2.24) is 5.32 Å². The zero-order valence-corrected chi connectivity index (χ0v) is 19.7. The van der Waals surface area contributed by atoms with Crippen LogP contribution in [0.25, 0.3) is 0 Å². The van der Waals surface area contributed by atoms with Crippen molar-refractivity contribution in [2.24, 2.45) is 0 Å². The van der Waals surface area contributed by atoms with Crippen molar-refractivity contribution in [2.45, 2.75) is 64.3 Å². The molecule has 6 heteroatoms. The van der Waals surface area contributed by atoms with Crippen LogP contribution in [0, 0.1) is 0 Å². The smallest absolute Gasteiger partial charge is 0.341 e. The number of ether oxygens (including phenoxy) is 3. The average molecular weight is 454 g/mol. The Hall–Kier alpha value is -3.02. The van der Waals surface area contributed by atoms with Crippen molar-refractivity contribution in [3.8, 4) is 11.5 Å². The Morgan fingerprint density at radius 2 is 1.42 bits per heavy atom. The van der Waals surface area contributed by atoms with Gasteiger partial charge in [-0.05, 0) is 37.5 Å². The van der Waals surface area contributed by atoms with Gasteiger partial charge in [0.25, 0.3) is 5.91 Å². The third-order valence-electron chi connectivity index (χ3n) is 5.91. The Kier molecular flexibility index (Phi) is 9.60. The minimum absolute atomic E-state index is 0.208. The highest BCUT2D eigenvalue weighted by Gasteiger charge is 2.25. The van der Waals surface area contributed by atoms with Crippen molar-refractivity contribution < 1.29 is 23.8 Å². The second kappa shape index (κ2) is 12.9. The molecule has 6 nitrogen and oxygen atoms in total. The fourth-order valence-electron chi connectivity index (χ4n) is 4.00. The van der Waals surface area contributed by atoms with E-state index in [1.165, 1.54) is 26.4 Å². The minimum Gasteiger partial charge on any atom is -0.494 e. The Morgan fingerprint density at radius 3 is 2.06 bits per heavy atom. The van der Waals surface area contributed by atoms with Gasteiger partial charge in [-0.3, -0.25) is 4.79 Å². The van der Waals surface area contributed by atoms with E-state index in [1.807, 2.05) is 37.3 Å². The molecule has 2 aliphatic heterocycles. The third-order valence-corrected chi connectivity index (χ3v) is 5.91. The van der Waals surface area contributed by atoms with Gasteiger partial charge in [0, 0.05) is 0 Å². The maximum Gasteiger partial charge on any atom is 0.341 e. The second-order valence-electron chi connectivity index (χ2n) is 8.47. The number of hydrogen-bond acceptors (Lipinski definition) is 5. The molecule has 0 radical (unpaired) electrons. The first kappa shape index (κ1) is 24.6. The first-order valence-electron chi connectivity index (χ1n) is 12.0. The Bertz CT molecular complexity index is 912. The van der Waals surface area contributed by atoms with E-state index in [-0.39, 0.29) is 28.8 Å². The van der Waals surface area contributed by atoms with Crippen LogP contribution in [0.5, 0.6) is 11.5 Å². The summed E-state index contributed by atoms with van der Waals surface area (Å²) in [5.74, 6) is -0.161. The summed E-state index contributed by atoms with van der Waals surface area (Å²) < 4.78 is 17.0. The summed E-state index contributed by atoms with van der Waals surface area (Å²) in [4.78, 5) is 25.9. The normalized spacial score (nSPS) is 16.2. The van der Waals surface area contributed by atoms with Gasteiger partial charge in [-0.15, -0.1) is 0 Å². The molecule has 1 N–H and O–H groups in total. The molecular weight excluding hydrogens is 418 g/mol. The molecule has 0 spiro atoms. The molecule has 0 aromatic heterocycles. The Morgan fingerprint density at radius 1 is 0.848 bits per heavy atom. The van der Waals surface area contributed by atoms with Gasteiger partial charge in [-0.25, -0.2) is 4.79 Å². The second-order valence-corrected chi connectivity index (χ2v) is 8.47. The fraction of sp³-hybridized carbons (Fsp3) is 0.481. The lowest BCUT2D eigenvalue weighted by molar-refractivity contribution is 0.0595. The van der Waals surface area contributed by atoms with E-state index < -0.39 is 5.97 Å². The SMILES string of the molecule is COC(=O)c1cc2cc(C(=O)NC(C)c3ccccc3)c1OCCCCCCCCCCO2. The average Bonchev–Trinajstić information content (AvgIpc) is 2.83. The van der Waals surface area contributed by atoms with Crippen molar-refractivity contribution in [3.05, 3.63) is 59.2 Å². The summed E-state index contributed by atoms with van der Waals surface area (Å²) in [5.41, 5.74) is 1.48. The first-order valence-corrected chi connectivity index (χ1v) is 12.0. The zero-order valence-electron chi connectivity index (χ0n) is 19.7. The highest BCUT2D eigenvalue weighted by atomic mass is 16.5. The van der Waals surface area contributed by atoms with Crippen LogP contribution >= 0.6 is 0 Å². The lowest BCUT2D eigenvalue weighted by atomic mass is 10.0.